The Morgan fingerprint density at radius 2 is 2.20 bits per heavy atom. The van der Waals surface area contributed by atoms with Gasteiger partial charge in [0.2, 0.25) is 0 Å². The minimum absolute atomic E-state index is 0.702. The molecule has 0 aliphatic rings. The first-order valence-electron chi connectivity index (χ1n) is 4.78. The van der Waals surface area contributed by atoms with Crippen LogP contribution in [0, 0.1) is 0 Å². The van der Waals surface area contributed by atoms with Gasteiger partial charge < -0.3 is 4.57 Å². The summed E-state index contributed by atoms with van der Waals surface area (Å²) in [4.78, 5) is 12.3. The third kappa shape index (κ3) is 2.28. The molecule has 0 amide bonds. The molecule has 0 aliphatic carbocycles. The highest BCUT2D eigenvalue weighted by Crippen LogP contribution is 2.04. The van der Waals surface area contributed by atoms with Gasteiger partial charge >= 0.3 is 0 Å². The van der Waals surface area contributed by atoms with Gasteiger partial charge in [-0.3, -0.25) is 9.97 Å². The van der Waals surface area contributed by atoms with E-state index in [1.54, 1.807) is 24.9 Å². The van der Waals surface area contributed by atoms with Crippen molar-refractivity contribution in [2.45, 2.75) is 13.5 Å². The molecule has 0 bridgehead atoms. The standard InChI is InChI=1S/C11H12N4/c1-2-3-11-7-13-9-15(11)8-10-6-12-4-5-14-10/h2-7,9H,8H2,1H3. The van der Waals surface area contributed by atoms with E-state index in [1.165, 1.54) is 0 Å². The lowest BCUT2D eigenvalue weighted by atomic mass is 10.4. The zero-order valence-electron chi connectivity index (χ0n) is 8.54. The zero-order chi connectivity index (χ0) is 10.5. The Hall–Kier alpha value is -1.97. The number of imidazole rings is 1. The van der Waals surface area contributed by atoms with E-state index in [2.05, 4.69) is 15.0 Å². The van der Waals surface area contributed by atoms with Gasteiger partial charge in [0.25, 0.3) is 0 Å². The van der Waals surface area contributed by atoms with Gasteiger partial charge in [-0.1, -0.05) is 6.08 Å². The van der Waals surface area contributed by atoms with Crippen molar-refractivity contribution in [1.29, 1.82) is 0 Å². The Kier molecular flexibility index (Phi) is 2.88. The largest absolute Gasteiger partial charge is 0.325 e. The van der Waals surface area contributed by atoms with Gasteiger partial charge in [-0.25, -0.2) is 4.98 Å². The van der Waals surface area contributed by atoms with Crippen LogP contribution in [0.2, 0.25) is 0 Å². The van der Waals surface area contributed by atoms with E-state index in [-0.39, 0.29) is 0 Å². The Balaban J connectivity index is 2.21. The minimum atomic E-state index is 0.702. The van der Waals surface area contributed by atoms with Crippen molar-refractivity contribution < 1.29 is 0 Å². The second-order valence-corrected chi connectivity index (χ2v) is 3.14. The van der Waals surface area contributed by atoms with Crippen molar-refractivity contribution in [2.75, 3.05) is 0 Å². The molecule has 0 saturated heterocycles. The molecule has 76 valence electrons. The second kappa shape index (κ2) is 4.50. The van der Waals surface area contributed by atoms with Crippen LogP contribution in [0.4, 0.5) is 0 Å². The van der Waals surface area contributed by atoms with Crippen molar-refractivity contribution >= 4 is 6.08 Å². The summed E-state index contributed by atoms with van der Waals surface area (Å²) in [5, 5.41) is 0. The average Bonchev–Trinajstić information content (AvgIpc) is 2.68. The molecule has 0 aliphatic heterocycles. The molecule has 0 radical (unpaired) electrons. The monoisotopic (exact) mass is 200 g/mol. The molecule has 2 heterocycles. The smallest absolute Gasteiger partial charge is 0.0954 e. The lowest BCUT2D eigenvalue weighted by Crippen LogP contribution is -2.02. The maximum absolute atomic E-state index is 4.22. The predicted octanol–water partition coefficient (Wildman–Crippen LogP) is 1.75. The number of aromatic nitrogens is 4. The summed E-state index contributed by atoms with van der Waals surface area (Å²) in [6, 6.07) is 0. The molecule has 15 heavy (non-hydrogen) atoms. The molecule has 0 atom stereocenters. The summed E-state index contributed by atoms with van der Waals surface area (Å²) >= 11 is 0. The Labute approximate surface area is 88.3 Å². The molecule has 2 rings (SSSR count). The van der Waals surface area contributed by atoms with Crippen LogP contribution in [-0.4, -0.2) is 19.5 Å². The van der Waals surface area contributed by atoms with Gasteiger partial charge in [-0.05, 0) is 13.0 Å². The highest BCUT2D eigenvalue weighted by atomic mass is 15.1. The maximum Gasteiger partial charge on any atom is 0.0954 e. The fourth-order valence-corrected chi connectivity index (χ4v) is 1.36. The Morgan fingerprint density at radius 1 is 1.27 bits per heavy atom. The lowest BCUT2D eigenvalue weighted by Gasteiger charge is -2.03. The highest BCUT2D eigenvalue weighted by Gasteiger charge is 2.00. The number of rotatable bonds is 3. The first kappa shape index (κ1) is 9.58. The number of nitrogens with zero attached hydrogens (tertiary/aromatic N) is 4. The van der Waals surface area contributed by atoms with Crippen LogP contribution < -0.4 is 0 Å². The SMILES string of the molecule is CC=Cc1cncn1Cc1cnccn1. The van der Waals surface area contributed by atoms with E-state index in [1.807, 2.05) is 29.8 Å². The van der Waals surface area contributed by atoms with Crippen LogP contribution in [0.25, 0.3) is 6.08 Å². The van der Waals surface area contributed by atoms with Crippen LogP contribution in [0.5, 0.6) is 0 Å². The second-order valence-electron chi connectivity index (χ2n) is 3.14. The molecule has 2 aromatic heterocycles. The van der Waals surface area contributed by atoms with Gasteiger partial charge in [0, 0.05) is 12.4 Å². The molecule has 2 aromatic rings. The summed E-state index contributed by atoms with van der Waals surface area (Å²) in [7, 11) is 0. The van der Waals surface area contributed by atoms with Crippen LogP contribution in [0.1, 0.15) is 18.3 Å². The summed E-state index contributed by atoms with van der Waals surface area (Å²) < 4.78 is 2.03. The van der Waals surface area contributed by atoms with Gasteiger partial charge in [-0.2, -0.15) is 0 Å². The Bertz CT molecular complexity index is 445. The van der Waals surface area contributed by atoms with E-state index in [0.717, 1.165) is 11.4 Å². The third-order valence-corrected chi connectivity index (χ3v) is 2.03. The van der Waals surface area contributed by atoms with E-state index >= 15 is 0 Å². The predicted molar refractivity (Wildman–Crippen MR) is 58.1 cm³/mol. The molecule has 0 aromatic carbocycles. The molecular formula is C11H12N4. The summed E-state index contributed by atoms with van der Waals surface area (Å²) in [5.74, 6) is 0. The average molecular weight is 200 g/mol. The van der Waals surface area contributed by atoms with Crippen LogP contribution in [0.3, 0.4) is 0 Å². The van der Waals surface area contributed by atoms with Gasteiger partial charge in [0.15, 0.2) is 0 Å². The maximum atomic E-state index is 4.22. The van der Waals surface area contributed by atoms with Crippen molar-refractivity contribution in [3.63, 3.8) is 0 Å². The van der Waals surface area contributed by atoms with Crippen LogP contribution in [-0.2, 0) is 6.54 Å². The lowest BCUT2D eigenvalue weighted by molar-refractivity contribution is 0.760. The quantitative estimate of drug-likeness (QED) is 0.758. The summed E-state index contributed by atoms with van der Waals surface area (Å²) in [6.07, 6.45) is 12.8. The molecule has 4 nitrogen and oxygen atoms in total. The highest BCUT2D eigenvalue weighted by molar-refractivity contribution is 5.43. The van der Waals surface area contributed by atoms with E-state index in [9.17, 15) is 0 Å². The first-order chi connectivity index (χ1) is 7.40. The topological polar surface area (TPSA) is 43.6 Å². The van der Waals surface area contributed by atoms with Crippen molar-refractivity contribution in [2.24, 2.45) is 0 Å². The van der Waals surface area contributed by atoms with Gasteiger partial charge in [0.05, 0.1) is 36.7 Å². The number of allylic oxidation sites excluding steroid dienone is 1. The fraction of sp³-hybridized carbons (Fsp3) is 0.182. The molecule has 0 N–H and O–H groups in total. The number of hydrogen-bond donors (Lipinski definition) is 0. The van der Waals surface area contributed by atoms with Crippen LogP contribution in [0.15, 0.2) is 37.2 Å². The third-order valence-electron chi connectivity index (χ3n) is 2.03. The molecule has 4 heteroatoms. The molecule has 0 unspecified atom stereocenters. The zero-order valence-corrected chi connectivity index (χ0v) is 8.54. The first-order valence-corrected chi connectivity index (χ1v) is 4.78. The summed E-state index contributed by atoms with van der Waals surface area (Å²) in [5.41, 5.74) is 2.00. The fourth-order valence-electron chi connectivity index (χ4n) is 1.36. The molecule has 0 saturated carbocycles. The van der Waals surface area contributed by atoms with Crippen molar-refractivity contribution in [1.82, 2.24) is 19.5 Å². The normalized spacial score (nSPS) is 11.0. The van der Waals surface area contributed by atoms with E-state index in [4.69, 9.17) is 0 Å². The molecule has 0 spiro atoms. The van der Waals surface area contributed by atoms with E-state index < -0.39 is 0 Å². The Morgan fingerprint density at radius 3 is 2.93 bits per heavy atom. The van der Waals surface area contributed by atoms with Crippen LogP contribution >= 0.6 is 0 Å². The summed E-state index contributed by atoms with van der Waals surface area (Å²) in [6.45, 7) is 2.69. The van der Waals surface area contributed by atoms with Crippen molar-refractivity contribution in [3.05, 3.63) is 48.6 Å². The number of hydrogen-bond acceptors (Lipinski definition) is 3. The van der Waals surface area contributed by atoms with Gasteiger partial charge in [0.1, 0.15) is 0 Å². The minimum Gasteiger partial charge on any atom is -0.325 e. The van der Waals surface area contributed by atoms with Gasteiger partial charge in [-0.15, -0.1) is 0 Å². The van der Waals surface area contributed by atoms with E-state index in [0.29, 0.717) is 6.54 Å². The van der Waals surface area contributed by atoms with Crippen molar-refractivity contribution in [3.8, 4) is 0 Å². The molecular weight excluding hydrogens is 188 g/mol. The molecule has 0 fully saturated rings.